The minimum absolute atomic E-state index is 0.149. The first-order valence-corrected chi connectivity index (χ1v) is 12.8. The zero-order valence-electron chi connectivity index (χ0n) is 20.9. The minimum Gasteiger partial charge on any atom is -0.370 e. The molecule has 0 bridgehead atoms. The standard InChI is InChI=1S/C27H35N7O/c1-18-11-33(24-7-6-19(9-28)25-23(24)5-4-8-30-25)16-22(35-18)15-32-13-21(14-32)34-12-20-10-29-17-27(2,3)26(20)31-34/h4-8,12,18,21-22,26,29,31H,10-11,13-17H2,1-3H3/t18-,22+,26?/m1/s1. The van der Waals surface area contributed by atoms with Gasteiger partial charge in [-0.05, 0) is 42.2 Å². The Bertz CT molecular complexity index is 1180. The van der Waals surface area contributed by atoms with Crippen LogP contribution in [0.3, 0.4) is 0 Å². The van der Waals surface area contributed by atoms with Crippen molar-refractivity contribution < 1.29 is 4.74 Å². The summed E-state index contributed by atoms with van der Waals surface area (Å²) in [5, 5.41) is 16.4. The van der Waals surface area contributed by atoms with Crippen molar-refractivity contribution >= 4 is 16.6 Å². The van der Waals surface area contributed by atoms with Crippen LogP contribution in [0.4, 0.5) is 5.69 Å². The quantitative estimate of drug-likeness (QED) is 0.699. The molecule has 4 aliphatic rings. The highest BCUT2D eigenvalue weighted by molar-refractivity contribution is 5.95. The molecule has 2 aromatic rings. The van der Waals surface area contributed by atoms with E-state index < -0.39 is 0 Å². The van der Waals surface area contributed by atoms with Crippen LogP contribution in [-0.4, -0.2) is 85.0 Å². The third-order valence-corrected chi connectivity index (χ3v) is 7.97. The molecule has 184 valence electrons. The van der Waals surface area contributed by atoms with E-state index in [1.54, 1.807) is 6.20 Å². The number of nitrogens with zero attached hydrogens (tertiary/aromatic N) is 5. The largest absolute Gasteiger partial charge is 0.370 e. The van der Waals surface area contributed by atoms with E-state index in [4.69, 9.17) is 4.74 Å². The van der Waals surface area contributed by atoms with E-state index in [2.05, 4.69) is 75.7 Å². The van der Waals surface area contributed by atoms with E-state index in [0.29, 0.717) is 17.6 Å². The Morgan fingerprint density at radius 2 is 2.06 bits per heavy atom. The maximum atomic E-state index is 9.50. The molecule has 3 atom stereocenters. The van der Waals surface area contributed by atoms with Crippen molar-refractivity contribution in [3.8, 4) is 6.07 Å². The van der Waals surface area contributed by atoms with E-state index in [-0.39, 0.29) is 17.6 Å². The van der Waals surface area contributed by atoms with Crippen LogP contribution < -0.4 is 15.6 Å². The van der Waals surface area contributed by atoms with Crippen LogP contribution >= 0.6 is 0 Å². The van der Waals surface area contributed by atoms with Gasteiger partial charge in [0, 0.05) is 69.3 Å². The van der Waals surface area contributed by atoms with Gasteiger partial charge in [-0.1, -0.05) is 13.8 Å². The lowest BCUT2D eigenvalue weighted by Crippen LogP contribution is -2.64. The fourth-order valence-electron chi connectivity index (χ4n) is 6.21. The van der Waals surface area contributed by atoms with Crippen molar-refractivity contribution in [1.82, 2.24) is 25.6 Å². The molecule has 0 amide bonds. The van der Waals surface area contributed by atoms with E-state index in [1.165, 1.54) is 5.57 Å². The number of nitrogens with one attached hydrogen (secondary N) is 2. The number of hydrogen-bond acceptors (Lipinski definition) is 8. The molecule has 4 aliphatic heterocycles. The van der Waals surface area contributed by atoms with E-state index in [1.807, 2.05) is 12.1 Å². The number of piperidine rings is 1. The van der Waals surface area contributed by atoms with Crippen molar-refractivity contribution in [1.29, 1.82) is 5.26 Å². The van der Waals surface area contributed by atoms with Crippen molar-refractivity contribution in [2.24, 2.45) is 5.41 Å². The van der Waals surface area contributed by atoms with Crippen LogP contribution in [0.25, 0.3) is 10.9 Å². The third-order valence-electron chi connectivity index (χ3n) is 7.97. The lowest BCUT2D eigenvalue weighted by Gasteiger charge is -2.48. The summed E-state index contributed by atoms with van der Waals surface area (Å²) < 4.78 is 6.37. The summed E-state index contributed by atoms with van der Waals surface area (Å²) in [6, 6.07) is 11.2. The predicted molar refractivity (Wildman–Crippen MR) is 137 cm³/mol. The number of fused-ring (bicyclic) bond motifs is 2. The number of pyridine rings is 1. The lowest BCUT2D eigenvalue weighted by atomic mass is 9.78. The fourth-order valence-corrected chi connectivity index (χ4v) is 6.21. The second kappa shape index (κ2) is 8.75. The van der Waals surface area contributed by atoms with Crippen LogP contribution in [-0.2, 0) is 4.74 Å². The molecule has 0 saturated carbocycles. The first-order chi connectivity index (χ1) is 16.9. The zero-order valence-corrected chi connectivity index (χ0v) is 20.9. The lowest BCUT2D eigenvalue weighted by molar-refractivity contribution is -0.0577. The molecule has 8 heteroatoms. The van der Waals surface area contributed by atoms with E-state index in [9.17, 15) is 5.26 Å². The summed E-state index contributed by atoms with van der Waals surface area (Å²) in [7, 11) is 0. The van der Waals surface area contributed by atoms with Gasteiger partial charge < -0.3 is 20.0 Å². The maximum absolute atomic E-state index is 9.50. The number of ether oxygens (including phenoxy) is 1. The normalized spacial score (nSPS) is 29.0. The number of nitriles is 1. The van der Waals surface area contributed by atoms with Crippen molar-refractivity contribution in [3.63, 3.8) is 0 Å². The second-order valence-corrected chi connectivity index (χ2v) is 11.3. The minimum atomic E-state index is 0.149. The highest BCUT2D eigenvalue weighted by Gasteiger charge is 2.43. The molecule has 0 aliphatic carbocycles. The molecule has 2 N–H and O–H groups in total. The molecule has 3 saturated heterocycles. The summed E-state index contributed by atoms with van der Waals surface area (Å²) in [6.45, 7) is 13.6. The first kappa shape index (κ1) is 22.7. The number of anilines is 1. The van der Waals surface area contributed by atoms with Gasteiger partial charge in [0.15, 0.2) is 0 Å². The van der Waals surface area contributed by atoms with Crippen molar-refractivity contribution in [3.05, 3.63) is 47.8 Å². The Kier molecular flexibility index (Phi) is 5.69. The highest BCUT2D eigenvalue weighted by Crippen LogP contribution is 2.34. The van der Waals surface area contributed by atoms with E-state index in [0.717, 1.165) is 62.4 Å². The molecular weight excluding hydrogens is 438 g/mol. The zero-order chi connectivity index (χ0) is 24.2. The van der Waals surface area contributed by atoms with Gasteiger partial charge in [0.05, 0.1) is 35.4 Å². The molecule has 3 fully saturated rings. The van der Waals surface area contributed by atoms with Crippen molar-refractivity contribution in [2.75, 3.05) is 50.7 Å². The van der Waals surface area contributed by atoms with Crippen LogP contribution in [0.15, 0.2) is 42.2 Å². The number of hydrogen-bond donors (Lipinski definition) is 2. The van der Waals surface area contributed by atoms with Gasteiger partial charge in [-0.15, -0.1) is 0 Å². The molecule has 6 rings (SSSR count). The molecule has 5 heterocycles. The molecular formula is C27H35N7O. The maximum Gasteiger partial charge on any atom is 0.101 e. The van der Waals surface area contributed by atoms with Gasteiger partial charge in [0.25, 0.3) is 0 Å². The summed E-state index contributed by atoms with van der Waals surface area (Å²) in [5.41, 5.74) is 8.02. The Morgan fingerprint density at radius 1 is 1.20 bits per heavy atom. The smallest absolute Gasteiger partial charge is 0.101 e. The number of aromatic nitrogens is 1. The molecule has 1 unspecified atom stereocenters. The highest BCUT2D eigenvalue weighted by atomic mass is 16.5. The van der Waals surface area contributed by atoms with Gasteiger partial charge in [-0.25, -0.2) is 5.43 Å². The monoisotopic (exact) mass is 473 g/mol. The van der Waals surface area contributed by atoms with Crippen LogP contribution in [0.5, 0.6) is 0 Å². The van der Waals surface area contributed by atoms with Gasteiger partial charge in [0.2, 0.25) is 0 Å². The SMILES string of the molecule is C[C@@H]1CN(c2ccc(C#N)c3ncccc23)C[C@H](CN2CC(N3C=C4CNCC(C)(C)C4N3)C2)O1. The van der Waals surface area contributed by atoms with Crippen LogP contribution in [0.2, 0.25) is 0 Å². The molecule has 1 aromatic heterocycles. The molecule has 8 nitrogen and oxygen atoms in total. The number of benzene rings is 1. The predicted octanol–water partition coefficient (Wildman–Crippen LogP) is 2.09. The average molecular weight is 474 g/mol. The molecule has 0 spiro atoms. The van der Waals surface area contributed by atoms with Gasteiger partial charge in [-0.2, -0.15) is 5.26 Å². The number of morpholine rings is 1. The first-order valence-electron chi connectivity index (χ1n) is 12.8. The summed E-state index contributed by atoms with van der Waals surface area (Å²) >= 11 is 0. The number of likely N-dealkylation sites (tertiary alicyclic amines) is 1. The summed E-state index contributed by atoms with van der Waals surface area (Å²) in [4.78, 5) is 9.41. The number of hydrazine groups is 1. The third kappa shape index (κ3) is 4.17. The van der Waals surface area contributed by atoms with Crippen molar-refractivity contribution in [2.45, 2.75) is 45.1 Å². The Morgan fingerprint density at radius 3 is 2.86 bits per heavy atom. The second-order valence-electron chi connectivity index (χ2n) is 11.3. The van der Waals surface area contributed by atoms with Gasteiger partial charge >= 0.3 is 0 Å². The Hall–Kier alpha value is -2.70. The van der Waals surface area contributed by atoms with Gasteiger partial charge in [-0.3, -0.25) is 9.88 Å². The van der Waals surface area contributed by atoms with Crippen LogP contribution in [0, 0.1) is 16.7 Å². The summed E-state index contributed by atoms with van der Waals surface area (Å²) in [6.07, 6.45) is 4.40. The summed E-state index contributed by atoms with van der Waals surface area (Å²) in [5.74, 6) is 0. The van der Waals surface area contributed by atoms with E-state index >= 15 is 0 Å². The molecule has 1 aromatic carbocycles. The Labute approximate surface area is 207 Å². The molecule has 35 heavy (non-hydrogen) atoms. The number of rotatable bonds is 4. The Balaban J connectivity index is 1.10. The average Bonchev–Trinajstić information content (AvgIpc) is 3.25. The molecule has 0 radical (unpaired) electrons. The van der Waals surface area contributed by atoms with Gasteiger partial charge in [0.1, 0.15) is 6.07 Å². The van der Waals surface area contributed by atoms with Crippen LogP contribution in [0.1, 0.15) is 26.3 Å². The topological polar surface area (TPSA) is 79.7 Å². The fraction of sp³-hybridized carbons (Fsp3) is 0.556.